The number of hydrogen-bond acceptors (Lipinski definition) is 4. The molecule has 92 valence electrons. The van der Waals surface area contributed by atoms with Crippen molar-refractivity contribution in [3.05, 3.63) is 23.3 Å². The van der Waals surface area contributed by atoms with Crippen LogP contribution in [0, 0.1) is 11.6 Å². The van der Waals surface area contributed by atoms with E-state index in [1.165, 1.54) is 0 Å². The molecular formula is C10H8F2O5. The lowest BCUT2D eigenvalue weighted by Crippen LogP contribution is -2.15. The summed E-state index contributed by atoms with van der Waals surface area (Å²) in [6.07, 6.45) is 0. The topological polar surface area (TPSA) is 72.8 Å². The van der Waals surface area contributed by atoms with Crippen LogP contribution in [-0.4, -0.2) is 31.1 Å². The Morgan fingerprint density at radius 1 is 1.18 bits per heavy atom. The van der Waals surface area contributed by atoms with Gasteiger partial charge in [0.05, 0.1) is 19.8 Å². The highest BCUT2D eigenvalue weighted by Crippen LogP contribution is 2.35. The van der Waals surface area contributed by atoms with Crippen LogP contribution in [0.2, 0.25) is 0 Å². The van der Waals surface area contributed by atoms with Crippen molar-refractivity contribution < 1.29 is 33.0 Å². The SMILES string of the molecule is COc1c(C(=O)C(=O)O)cc(F)c(F)c1OC. The first-order valence-electron chi connectivity index (χ1n) is 4.31. The number of carbonyl (C=O) groups is 2. The molecule has 1 rings (SSSR count). The first-order chi connectivity index (χ1) is 7.93. The zero-order valence-electron chi connectivity index (χ0n) is 8.91. The summed E-state index contributed by atoms with van der Waals surface area (Å²) >= 11 is 0. The fraction of sp³-hybridized carbons (Fsp3) is 0.200. The van der Waals surface area contributed by atoms with Crippen molar-refractivity contribution >= 4 is 11.8 Å². The van der Waals surface area contributed by atoms with Gasteiger partial charge in [-0.3, -0.25) is 4.79 Å². The molecule has 0 spiro atoms. The van der Waals surface area contributed by atoms with Crippen LogP contribution in [0.5, 0.6) is 11.5 Å². The van der Waals surface area contributed by atoms with Gasteiger partial charge >= 0.3 is 5.97 Å². The third-order valence-corrected chi connectivity index (χ3v) is 1.98. The largest absolute Gasteiger partial charge is 0.492 e. The molecule has 0 aliphatic heterocycles. The highest BCUT2D eigenvalue weighted by atomic mass is 19.2. The molecule has 5 nitrogen and oxygen atoms in total. The van der Waals surface area contributed by atoms with Crippen molar-refractivity contribution in [3.8, 4) is 11.5 Å². The normalized spacial score (nSPS) is 9.88. The Bertz CT molecular complexity index is 484. The van der Waals surface area contributed by atoms with E-state index in [0.717, 1.165) is 14.2 Å². The van der Waals surface area contributed by atoms with Gasteiger partial charge in [-0.1, -0.05) is 0 Å². The van der Waals surface area contributed by atoms with Crippen LogP contribution in [0.3, 0.4) is 0 Å². The Morgan fingerprint density at radius 3 is 2.12 bits per heavy atom. The zero-order valence-corrected chi connectivity index (χ0v) is 8.91. The van der Waals surface area contributed by atoms with Crippen LogP contribution in [0.1, 0.15) is 10.4 Å². The lowest BCUT2D eigenvalue weighted by Gasteiger charge is -2.12. The van der Waals surface area contributed by atoms with Gasteiger partial charge in [-0.05, 0) is 6.07 Å². The summed E-state index contributed by atoms with van der Waals surface area (Å²) in [4.78, 5) is 21.7. The Labute approximate surface area is 94.6 Å². The molecule has 0 atom stereocenters. The molecule has 0 aliphatic rings. The summed E-state index contributed by atoms with van der Waals surface area (Å²) in [5, 5.41) is 8.52. The molecule has 0 amide bonds. The lowest BCUT2D eigenvalue weighted by atomic mass is 10.1. The molecule has 0 saturated carbocycles. The van der Waals surface area contributed by atoms with Crippen molar-refractivity contribution in [2.75, 3.05) is 14.2 Å². The number of aliphatic carboxylic acids is 1. The lowest BCUT2D eigenvalue weighted by molar-refractivity contribution is -0.131. The molecule has 0 heterocycles. The van der Waals surface area contributed by atoms with Gasteiger partial charge in [0, 0.05) is 0 Å². The average molecular weight is 246 g/mol. The molecule has 0 unspecified atom stereocenters. The highest BCUT2D eigenvalue weighted by molar-refractivity contribution is 6.40. The minimum atomic E-state index is -1.81. The number of Topliss-reactive ketones (excluding diaryl/α,β-unsaturated/α-hetero) is 1. The minimum Gasteiger partial charge on any atom is -0.492 e. The number of benzene rings is 1. The Morgan fingerprint density at radius 2 is 1.71 bits per heavy atom. The van der Waals surface area contributed by atoms with Crippen LogP contribution in [0.25, 0.3) is 0 Å². The molecule has 17 heavy (non-hydrogen) atoms. The quantitative estimate of drug-likeness (QED) is 0.639. The first kappa shape index (κ1) is 12.9. The van der Waals surface area contributed by atoms with E-state index in [2.05, 4.69) is 9.47 Å². The summed E-state index contributed by atoms with van der Waals surface area (Å²) in [5.41, 5.74) is -0.615. The molecule has 0 aliphatic carbocycles. The van der Waals surface area contributed by atoms with Crippen LogP contribution in [0.15, 0.2) is 6.07 Å². The molecule has 1 aromatic rings. The number of halogens is 2. The summed E-state index contributed by atoms with van der Waals surface area (Å²) < 4.78 is 35.6. The second-order valence-corrected chi connectivity index (χ2v) is 2.92. The predicted octanol–water partition coefficient (Wildman–Crippen LogP) is 1.25. The molecule has 0 radical (unpaired) electrons. The maximum Gasteiger partial charge on any atom is 0.377 e. The average Bonchev–Trinajstić information content (AvgIpc) is 2.30. The first-order valence-corrected chi connectivity index (χ1v) is 4.31. The van der Waals surface area contributed by atoms with Gasteiger partial charge in [0.15, 0.2) is 11.6 Å². The second kappa shape index (κ2) is 4.77. The van der Waals surface area contributed by atoms with Gasteiger partial charge in [0.25, 0.3) is 5.78 Å². The fourth-order valence-electron chi connectivity index (χ4n) is 1.25. The molecule has 7 heteroatoms. The zero-order chi connectivity index (χ0) is 13.2. The molecule has 0 bridgehead atoms. The van der Waals surface area contributed by atoms with E-state index in [1.807, 2.05) is 0 Å². The minimum absolute atomic E-state index is 0.452. The van der Waals surface area contributed by atoms with E-state index in [1.54, 1.807) is 0 Å². The molecule has 1 aromatic carbocycles. The number of ketones is 1. The van der Waals surface area contributed by atoms with Crippen molar-refractivity contribution in [3.63, 3.8) is 0 Å². The standard InChI is InChI=1S/C10H8F2O5/c1-16-8-4(7(13)10(14)15)3-5(11)6(12)9(8)17-2/h3H,1-2H3,(H,14,15). The Balaban J connectivity index is 3.55. The van der Waals surface area contributed by atoms with Crippen molar-refractivity contribution in [2.24, 2.45) is 0 Å². The smallest absolute Gasteiger partial charge is 0.377 e. The van der Waals surface area contributed by atoms with Gasteiger partial charge in [-0.15, -0.1) is 0 Å². The molecule has 0 fully saturated rings. The number of ether oxygens (including phenoxy) is 2. The van der Waals surface area contributed by atoms with Gasteiger partial charge in [-0.25, -0.2) is 9.18 Å². The monoisotopic (exact) mass is 246 g/mol. The van der Waals surface area contributed by atoms with E-state index < -0.39 is 40.4 Å². The van der Waals surface area contributed by atoms with Crippen LogP contribution in [-0.2, 0) is 4.79 Å². The van der Waals surface area contributed by atoms with E-state index >= 15 is 0 Å². The molecule has 1 N–H and O–H groups in total. The van der Waals surface area contributed by atoms with Gasteiger partial charge in [-0.2, -0.15) is 4.39 Å². The van der Waals surface area contributed by atoms with Crippen molar-refractivity contribution in [1.29, 1.82) is 0 Å². The summed E-state index contributed by atoms with van der Waals surface area (Å²) in [6, 6.07) is 0.452. The van der Waals surface area contributed by atoms with E-state index in [9.17, 15) is 18.4 Å². The van der Waals surface area contributed by atoms with Crippen molar-refractivity contribution in [2.45, 2.75) is 0 Å². The predicted molar refractivity (Wildman–Crippen MR) is 51.4 cm³/mol. The summed E-state index contributed by atoms with van der Waals surface area (Å²) in [6.45, 7) is 0. The van der Waals surface area contributed by atoms with Gasteiger partial charge < -0.3 is 14.6 Å². The van der Waals surface area contributed by atoms with E-state index in [4.69, 9.17) is 5.11 Å². The Hall–Kier alpha value is -2.18. The van der Waals surface area contributed by atoms with E-state index in [-0.39, 0.29) is 0 Å². The molecule has 0 aromatic heterocycles. The number of hydrogen-bond donors (Lipinski definition) is 1. The summed E-state index contributed by atoms with van der Waals surface area (Å²) in [5.74, 6) is -7.09. The van der Waals surface area contributed by atoms with Gasteiger partial charge in [0.2, 0.25) is 11.6 Å². The summed E-state index contributed by atoms with van der Waals surface area (Å²) in [7, 11) is 2.11. The van der Waals surface area contributed by atoms with E-state index in [0.29, 0.717) is 6.07 Å². The maximum atomic E-state index is 13.3. The number of carbonyl (C=O) groups excluding carboxylic acids is 1. The highest BCUT2D eigenvalue weighted by Gasteiger charge is 2.27. The second-order valence-electron chi connectivity index (χ2n) is 2.92. The van der Waals surface area contributed by atoms with Crippen molar-refractivity contribution in [1.82, 2.24) is 0 Å². The number of methoxy groups -OCH3 is 2. The van der Waals surface area contributed by atoms with Gasteiger partial charge in [0.1, 0.15) is 0 Å². The maximum absolute atomic E-state index is 13.3. The number of carboxylic acids is 1. The third-order valence-electron chi connectivity index (χ3n) is 1.98. The number of rotatable bonds is 4. The molecular weight excluding hydrogens is 238 g/mol. The third kappa shape index (κ3) is 2.17. The van der Waals surface area contributed by atoms with Crippen LogP contribution >= 0.6 is 0 Å². The van der Waals surface area contributed by atoms with Crippen LogP contribution < -0.4 is 9.47 Å². The molecule has 0 saturated heterocycles. The van der Waals surface area contributed by atoms with Crippen LogP contribution in [0.4, 0.5) is 8.78 Å². The number of carboxylic acid groups (broad SMARTS) is 1. The fourth-order valence-corrected chi connectivity index (χ4v) is 1.25. The Kier molecular flexibility index (Phi) is 3.62.